The molecular formula is C66H38O2. The first-order chi connectivity index (χ1) is 33.7. The minimum Gasteiger partial charge on any atom is -0.456 e. The van der Waals surface area contributed by atoms with Crippen molar-refractivity contribution < 1.29 is 8.83 Å². The fraction of sp³-hybridized carbons (Fsp3) is 0. The third-order valence-electron chi connectivity index (χ3n) is 14.7. The molecule has 2 aromatic heterocycles. The quantitative estimate of drug-likeness (QED) is 0.161. The van der Waals surface area contributed by atoms with Crippen LogP contribution in [0.25, 0.3) is 154 Å². The van der Waals surface area contributed by atoms with E-state index in [0.29, 0.717) is 0 Å². The van der Waals surface area contributed by atoms with Gasteiger partial charge < -0.3 is 8.83 Å². The standard InChI is InChI=1S/C66H38O2/c1-2-14-46-45(13-1)49-23-12-24-54-56(34-33-55(46)65(49)54)66-52-19-5-3-17-50(52)64(51-18-4-6-20-53(51)66)40-29-27-39(28-30-40)63-43(41-31-35-61-57(37-41)47-15-7-9-25-59(47)67-61)21-11-22-44(63)42-32-36-62-58(38-42)48-16-8-10-26-60(48)68-62/h1-38H. The van der Waals surface area contributed by atoms with Crippen molar-refractivity contribution in [1.29, 1.82) is 0 Å². The van der Waals surface area contributed by atoms with Crippen molar-refractivity contribution in [3.63, 3.8) is 0 Å². The van der Waals surface area contributed by atoms with Crippen molar-refractivity contribution in [1.82, 2.24) is 0 Å². The molecule has 0 unspecified atom stereocenters. The van der Waals surface area contributed by atoms with Gasteiger partial charge in [-0.3, -0.25) is 0 Å². The highest BCUT2D eigenvalue weighted by atomic mass is 16.3. The first-order valence-corrected chi connectivity index (χ1v) is 23.4. The van der Waals surface area contributed by atoms with Crippen molar-refractivity contribution in [2.45, 2.75) is 0 Å². The molecule has 2 heterocycles. The molecule has 14 aromatic rings. The molecule has 12 aromatic carbocycles. The van der Waals surface area contributed by atoms with Crippen LogP contribution in [0.2, 0.25) is 0 Å². The molecule has 2 nitrogen and oxygen atoms in total. The Morgan fingerprint density at radius 2 is 0.559 bits per heavy atom. The Balaban J connectivity index is 0.932. The molecule has 314 valence electrons. The van der Waals surface area contributed by atoms with E-state index in [4.69, 9.17) is 8.83 Å². The summed E-state index contributed by atoms with van der Waals surface area (Å²) in [5.41, 5.74) is 20.7. The lowest BCUT2D eigenvalue weighted by Crippen LogP contribution is -1.93. The number of benzene rings is 12. The molecule has 0 fully saturated rings. The van der Waals surface area contributed by atoms with Gasteiger partial charge in [-0.05, 0) is 147 Å². The zero-order chi connectivity index (χ0) is 44.5. The van der Waals surface area contributed by atoms with E-state index in [9.17, 15) is 0 Å². The van der Waals surface area contributed by atoms with Gasteiger partial charge in [0.1, 0.15) is 22.3 Å². The normalized spacial score (nSPS) is 12.1. The molecular weight excluding hydrogens is 825 g/mol. The Morgan fingerprint density at radius 3 is 1.12 bits per heavy atom. The molecule has 0 amide bonds. The van der Waals surface area contributed by atoms with Gasteiger partial charge in [0.2, 0.25) is 0 Å². The Labute approximate surface area is 391 Å². The largest absolute Gasteiger partial charge is 0.456 e. The molecule has 1 aliphatic carbocycles. The van der Waals surface area contributed by atoms with Gasteiger partial charge in [-0.15, -0.1) is 0 Å². The van der Waals surface area contributed by atoms with Gasteiger partial charge in [0.25, 0.3) is 0 Å². The second-order valence-electron chi connectivity index (χ2n) is 18.2. The monoisotopic (exact) mass is 862 g/mol. The molecule has 0 aliphatic heterocycles. The van der Waals surface area contributed by atoms with Gasteiger partial charge in [-0.25, -0.2) is 0 Å². The molecule has 0 bridgehead atoms. The number of para-hydroxylation sites is 2. The fourth-order valence-corrected chi connectivity index (χ4v) is 11.7. The molecule has 68 heavy (non-hydrogen) atoms. The molecule has 1 aliphatic rings. The number of hydrogen-bond acceptors (Lipinski definition) is 2. The molecule has 0 radical (unpaired) electrons. The van der Waals surface area contributed by atoms with Crippen LogP contribution in [0.15, 0.2) is 239 Å². The van der Waals surface area contributed by atoms with Gasteiger partial charge in [0.15, 0.2) is 0 Å². The third kappa shape index (κ3) is 5.34. The Kier molecular flexibility index (Phi) is 7.81. The van der Waals surface area contributed by atoms with Gasteiger partial charge in [0.05, 0.1) is 0 Å². The molecule has 0 N–H and O–H groups in total. The maximum absolute atomic E-state index is 6.30. The Bertz CT molecular complexity index is 4210. The van der Waals surface area contributed by atoms with Crippen LogP contribution in [0.3, 0.4) is 0 Å². The van der Waals surface area contributed by atoms with Gasteiger partial charge in [-0.1, -0.05) is 194 Å². The highest BCUT2D eigenvalue weighted by Crippen LogP contribution is 2.52. The van der Waals surface area contributed by atoms with E-state index in [1.165, 1.54) is 82.4 Å². The summed E-state index contributed by atoms with van der Waals surface area (Å²) in [6, 6.07) is 84.3. The second-order valence-corrected chi connectivity index (χ2v) is 18.2. The van der Waals surface area contributed by atoms with E-state index in [-0.39, 0.29) is 0 Å². The number of rotatable bonds is 5. The van der Waals surface area contributed by atoms with Crippen molar-refractivity contribution in [3.8, 4) is 77.9 Å². The van der Waals surface area contributed by atoms with Crippen molar-refractivity contribution >= 4 is 76.2 Å². The minimum atomic E-state index is 0.888. The van der Waals surface area contributed by atoms with E-state index >= 15 is 0 Å². The topological polar surface area (TPSA) is 26.3 Å². The predicted octanol–water partition coefficient (Wildman–Crippen LogP) is 18.9. The predicted molar refractivity (Wildman–Crippen MR) is 285 cm³/mol. The summed E-state index contributed by atoms with van der Waals surface area (Å²) in [7, 11) is 0. The lowest BCUT2D eigenvalue weighted by atomic mass is 9.83. The van der Waals surface area contributed by atoms with E-state index in [0.717, 1.165) is 71.7 Å². The average Bonchev–Trinajstić information content (AvgIpc) is 4.08. The molecule has 15 rings (SSSR count). The molecule has 0 saturated carbocycles. The maximum atomic E-state index is 6.30. The van der Waals surface area contributed by atoms with Gasteiger partial charge in [-0.2, -0.15) is 0 Å². The van der Waals surface area contributed by atoms with Crippen molar-refractivity contribution in [3.05, 3.63) is 231 Å². The van der Waals surface area contributed by atoms with Crippen LogP contribution in [0, 0.1) is 0 Å². The zero-order valence-electron chi connectivity index (χ0n) is 36.8. The summed E-state index contributed by atoms with van der Waals surface area (Å²) in [6.07, 6.45) is 0. The van der Waals surface area contributed by atoms with Crippen molar-refractivity contribution in [2.24, 2.45) is 0 Å². The summed E-state index contributed by atoms with van der Waals surface area (Å²) >= 11 is 0. The second kappa shape index (κ2) is 14.3. The summed E-state index contributed by atoms with van der Waals surface area (Å²) in [6.45, 7) is 0. The van der Waals surface area contributed by atoms with Crippen LogP contribution < -0.4 is 0 Å². The summed E-state index contributed by atoms with van der Waals surface area (Å²) in [5, 5.41) is 12.1. The lowest BCUT2D eigenvalue weighted by Gasteiger charge is -2.20. The third-order valence-corrected chi connectivity index (χ3v) is 14.7. The minimum absolute atomic E-state index is 0.888. The van der Waals surface area contributed by atoms with Crippen LogP contribution in [0.1, 0.15) is 0 Å². The average molecular weight is 863 g/mol. The van der Waals surface area contributed by atoms with Crippen LogP contribution in [-0.4, -0.2) is 0 Å². The van der Waals surface area contributed by atoms with Crippen molar-refractivity contribution in [2.75, 3.05) is 0 Å². The van der Waals surface area contributed by atoms with Crippen LogP contribution >= 0.6 is 0 Å². The van der Waals surface area contributed by atoms with Crippen LogP contribution in [-0.2, 0) is 0 Å². The van der Waals surface area contributed by atoms with E-state index in [2.05, 4.69) is 206 Å². The van der Waals surface area contributed by atoms with Crippen LogP contribution in [0.4, 0.5) is 0 Å². The fourth-order valence-electron chi connectivity index (χ4n) is 11.7. The SMILES string of the molecule is c1ccc2c(c1)-c1cccc3c(-c4c5ccccc5c(-c5ccc(-c6c(-c7ccc8oc9ccccc9c8c7)cccc6-c6ccc7oc8ccccc8c7c6)cc5)c5ccccc45)ccc-2c13. The number of hydrogen-bond donors (Lipinski definition) is 0. The number of fused-ring (bicyclic) bond motifs is 11. The van der Waals surface area contributed by atoms with E-state index < -0.39 is 0 Å². The highest BCUT2D eigenvalue weighted by molar-refractivity contribution is 6.26. The molecule has 0 saturated heterocycles. The Hall–Kier alpha value is -8.98. The molecule has 0 atom stereocenters. The highest BCUT2D eigenvalue weighted by Gasteiger charge is 2.25. The first-order valence-electron chi connectivity index (χ1n) is 23.4. The zero-order valence-corrected chi connectivity index (χ0v) is 36.8. The van der Waals surface area contributed by atoms with Gasteiger partial charge >= 0.3 is 0 Å². The lowest BCUT2D eigenvalue weighted by molar-refractivity contribution is 0.668. The first kappa shape index (κ1) is 37.3. The summed E-state index contributed by atoms with van der Waals surface area (Å²) in [4.78, 5) is 0. The van der Waals surface area contributed by atoms with E-state index in [1.54, 1.807) is 0 Å². The number of furan rings is 2. The molecule has 0 spiro atoms. The summed E-state index contributed by atoms with van der Waals surface area (Å²) < 4.78 is 12.6. The van der Waals surface area contributed by atoms with Crippen LogP contribution in [0.5, 0.6) is 0 Å². The maximum Gasteiger partial charge on any atom is 0.135 e. The summed E-state index contributed by atoms with van der Waals surface area (Å²) in [5.74, 6) is 0. The van der Waals surface area contributed by atoms with Gasteiger partial charge in [0, 0.05) is 21.5 Å². The van der Waals surface area contributed by atoms with E-state index in [1.807, 2.05) is 24.3 Å². The Morgan fingerprint density at radius 1 is 0.191 bits per heavy atom. The molecule has 2 heteroatoms. The smallest absolute Gasteiger partial charge is 0.135 e.